The fourth-order valence-electron chi connectivity index (χ4n) is 2.55. The number of nitrogens with two attached hydrogens (primary N) is 1. The van der Waals surface area contributed by atoms with Crippen molar-refractivity contribution in [1.29, 1.82) is 0 Å². The average molecular weight is 259 g/mol. The Labute approximate surface area is 110 Å². The predicted molar refractivity (Wildman–Crippen MR) is 77.4 cm³/mol. The molecule has 0 amide bonds. The van der Waals surface area contributed by atoms with Crippen LogP contribution in [0.25, 0.3) is 21.9 Å². The minimum Gasteiger partial charge on any atom is -0.441 e. The number of fused-ring (bicyclic) bond motifs is 3. The maximum Gasteiger partial charge on any atom is 0.194 e. The van der Waals surface area contributed by atoms with Gasteiger partial charge in [0.1, 0.15) is 11.4 Å². The summed E-state index contributed by atoms with van der Waals surface area (Å²) >= 11 is 0. The third-order valence-corrected chi connectivity index (χ3v) is 3.57. The molecule has 5 heteroatoms. The lowest BCUT2D eigenvalue weighted by molar-refractivity contribution is 0.310. The van der Waals surface area contributed by atoms with Gasteiger partial charge in [0.2, 0.25) is 0 Å². The number of aliphatic hydroxyl groups is 1. The molecule has 0 bridgehead atoms. The van der Waals surface area contributed by atoms with Gasteiger partial charge in [-0.15, -0.1) is 0 Å². The first-order valence-electron chi connectivity index (χ1n) is 6.25. The second-order valence-corrected chi connectivity index (χ2v) is 4.70. The molecular formula is C14H17N3O2. The Morgan fingerprint density at radius 1 is 1.42 bits per heavy atom. The van der Waals surface area contributed by atoms with Crippen molar-refractivity contribution in [1.82, 2.24) is 4.57 Å². The Morgan fingerprint density at radius 3 is 2.95 bits per heavy atom. The molecule has 2 aromatic heterocycles. The van der Waals surface area contributed by atoms with E-state index in [9.17, 15) is 0 Å². The highest BCUT2D eigenvalue weighted by Gasteiger charge is 2.14. The van der Waals surface area contributed by atoms with Gasteiger partial charge in [0, 0.05) is 30.4 Å². The van der Waals surface area contributed by atoms with E-state index >= 15 is 0 Å². The van der Waals surface area contributed by atoms with Crippen molar-refractivity contribution >= 4 is 33.6 Å². The number of aromatic nitrogens is 1. The molecule has 0 atom stereocenters. The molecule has 0 fully saturated rings. The van der Waals surface area contributed by atoms with Crippen molar-refractivity contribution in [3.63, 3.8) is 0 Å². The largest absolute Gasteiger partial charge is 0.441 e. The zero-order chi connectivity index (χ0) is 13.6. The van der Waals surface area contributed by atoms with Gasteiger partial charge in [-0.2, -0.15) is 0 Å². The van der Waals surface area contributed by atoms with Crippen LogP contribution >= 0.6 is 0 Å². The van der Waals surface area contributed by atoms with Crippen molar-refractivity contribution in [2.45, 2.75) is 6.92 Å². The summed E-state index contributed by atoms with van der Waals surface area (Å²) < 4.78 is 7.69. The molecule has 19 heavy (non-hydrogen) atoms. The van der Waals surface area contributed by atoms with Gasteiger partial charge in [-0.25, -0.2) is 0 Å². The maximum absolute atomic E-state index is 8.83. The highest BCUT2D eigenvalue weighted by molar-refractivity contribution is 6.09. The summed E-state index contributed by atoms with van der Waals surface area (Å²) in [5.74, 6) is 1.44. The first kappa shape index (κ1) is 11.9. The summed E-state index contributed by atoms with van der Waals surface area (Å²) in [6.45, 7) is 2.56. The van der Waals surface area contributed by atoms with E-state index in [0.29, 0.717) is 12.4 Å². The number of rotatable bonds is 3. The Hall–Kier alpha value is -2.14. The summed E-state index contributed by atoms with van der Waals surface area (Å²) in [4.78, 5) is 0. The smallest absolute Gasteiger partial charge is 0.194 e. The Bertz CT molecular complexity index is 755. The van der Waals surface area contributed by atoms with Gasteiger partial charge in [-0.3, -0.25) is 0 Å². The van der Waals surface area contributed by atoms with Crippen molar-refractivity contribution in [2.75, 3.05) is 24.2 Å². The molecule has 4 N–H and O–H groups in total. The summed E-state index contributed by atoms with van der Waals surface area (Å²) in [5.41, 5.74) is 9.06. The van der Waals surface area contributed by atoms with Crippen LogP contribution in [0.1, 0.15) is 5.56 Å². The van der Waals surface area contributed by atoms with Crippen LogP contribution in [0.15, 0.2) is 22.6 Å². The van der Waals surface area contributed by atoms with Crippen molar-refractivity contribution in [3.05, 3.63) is 23.8 Å². The summed E-state index contributed by atoms with van der Waals surface area (Å²) in [5, 5.41) is 14.0. The quantitative estimate of drug-likeness (QED) is 0.674. The fourth-order valence-corrected chi connectivity index (χ4v) is 2.55. The lowest BCUT2D eigenvalue weighted by Gasteiger charge is -1.97. The van der Waals surface area contributed by atoms with Crippen LogP contribution in [-0.4, -0.2) is 22.8 Å². The molecule has 5 nitrogen and oxygen atoms in total. The van der Waals surface area contributed by atoms with Gasteiger partial charge < -0.3 is 25.1 Å². The van der Waals surface area contributed by atoms with E-state index in [1.165, 1.54) is 0 Å². The first-order valence-corrected chi connectivity index (χ1v) is 6.25. The van der Waals surface area contributed by atoms with Gasteiger partial charge in [-0.05, 0) is 24.6 Å². The summed E-state index contributed by atoms with van der Waals surface area (Å²) in [6.07, 6.45) is 0. The van der Waals surface area contributed by atoms with E-state index < -0.39 is 0 Å². The number of furan rings is 1. The molecule has 2 heterocycles. The topological polar surface area (TPSA) is 76.4 Å². The molecular weight excluding hydrogens is 242 g/mol. The molecule has 0 saturated carbocycles. The first-order chi connectivity index (χ1) is 9.13. The molecule has 1 aromatic carbocycles. The second kappa shape index (κ2) is 4.20. The van der Waals surface area contributed by atoms with Crippen LogP contribution < -0.4 is 11.1 Å². The van der Waals surface area contributed by atoms with Gasteiger partial charge >= 0.3 is 0 Å². The molecule has 0 unspecified atom stereocenters. The molecule has 0 aliphatic rings. The molecule has 3 rings (SSSR count). The van der Waals surface area contributed by atoms with Crippen LogP contribution in [0.4, 0.5) is 11.7 Å². The zero-order valence-corrected chi connectivity index (χ0v) is 11.0. The number of aliphatic hydroxyl groups excluding tert-OH is 1. The summed E-state index contributed by atoms with van der Waals surface area (Å²) in [7, 11) is 1.96. The standard InChI is InChI=1S/C14H17N3O2/c1-8-13-9-7-12(16-5-6-18)19-11(9)4-3-10(13)17(2)14(8)15/h3-4,7,16,18H,5-6,15H2,1-2H3. The molecule has 0 radical (unpaired) electrons. The molecule has 3 aromatic rings. The average Bonchev–Trinajstić information content (AvgIpc) is 2.92. The predicted octanol–water partition coefficient (Wildman–Crippen LogP) is 2.22. The number of aryl methyl sites for hydroxylation is 2. The van der Waals surface area contributed by atoms with Crippen LogP contribution in [-0.2, 0) is 7.05 Å². The van der Waals surface area contributed by atoms with Gasteiger partial charge in [0.25, 0.3) is 0 Å². The minimum absolute atomic E-state index is 0.0732. The second-order valence-electron chi connectivity index (χ2n) is 4.70. The van der Waals surface area contributed by atoms with E-state index in [1.807, 2.05) is 36.7 Å². The van der Waals surface area contributed by atoms with Crippen LogP contribution in [0.5, 0.6) is 0 Å². The number of nitrogens with zero attached hydrogens (tertiary/aromatic N) is 1. The minimum atomic E-state index is 0.0732. The number of hydrogen-bond donors (Lipinski definition) is 3. The maximum atomic E-state index is 8.83. The number of anilines is 2. The highest BCUT2D eigenvalue weighted by atomic mass is 16.3. The Kier molecular flexibility index (Phi) is 2.64. The van der Waals surface area contributed by atoms with E-state index in [1.54, 1.807) is 0 Å². The number of nitrogen functional groups attached to an aromatic ring is 1. The molecule has 0 aliphatic carbocycles. The highest BCUT2D eigenvalue weighted by Crippen LogP contribution is 2.35. The van der Waals surface area contributed by atoms with Crippen molar-refractivity contribution < 1.29 is 9.52 Å². The lowest BCUT2D eigenvalue weighted by atomic mass is 10.1. The van der Waals surface area contributed by atoms with Crippen molar-refractivity contribution in [3.8, 4) is 0 Å². The molecule has 100 valence electrons. The third kappa shape index (κ3) is 1.66. The fraction of sp³-hybridized carbons (Fsp3) is 0.286. The van der Waals surface area contributed by atoms with Crippen molar-refractivity contribution in [2.24, 2.45) is 7.05 Å². The molecule has 0 aliphatic heterocycles. The van der Waals surface area contributed by atoms with Gasteiger partial charge in [0.15, 0.2) is 5.88 Å². The van der Waals surface area contributed by atoms with Gasteiger partial charge in [-0.1, -0.05) is 0 Å². The van der Waals surface area contributed by atoms with E-state index in [4.69, 9.17) is 15.3 Å². The van der Waals surface area contributed by atoms with E-state index in [0.717, 1.165) is 33.3 Å². The number of nitrogens with one attached hydrogen (secondary N) is 1. The van der Waals surface area contributed by atoms with Crippen LogP contribution in [0.3, 0.4) is 0 Å². The number of hydrogen-bond acceptors (Lipinski definition) is 4. The third-order valence-electron chi connectivity index (χ3n) is 3.57. The normalized spacial score (nSPS) is 11.5. The molecule has 0 spiro atoms. The Morgan fingerprint density at radius 2 is 2.21 bits per heavy atom. The Balaban J connectivity index is 2.27. The van der Waals surface area contributed by atoms with E-state index in [-0.39, 0.29) is 6.61 Å². The monoisotopic (exact) mass is 259 g/mol. The lowest BCUT2D eigenvalue weighted by Crippen LogP contribution is -2.03. The number of benzene rings is 1. The van der Waals surface area contributed by atoms with Gasteiger partial charge in [0.05, 0.1) is 12.1 Å². The van der Waals surface area contributed by atoms with E-state index in [2.05, 4.69) is 5.32 Å². The molecule has 0 saturated heterocycles. The van der Waals surface area contributed by atoms with Crippen LogP contribution in [0.2, 0.25) is 0 Å². The zero-order valence-electron chi connectivity index (χ0n) is 11.0. The summed E-state index contributed by atoms with van der Waals surface area (Å²) in [6, 6.07) is 5.92. The SMILES string of the molecule is Cc1c(N)n(C)c2ccc3oc(NCCO)cc3c12. The van der Waals surface area contributed by atoms with Crippen LogP contribution in [0, 0.1) is 6.92 Å².